The second-order valence-corrected chi connectivity index (χ2v) is 5.55. The van der Waals surface area contributed by atoms with Crippen molar-refractivity contribution in [1.82, 2.24) is 5.32 Å². The summed E-state index contributed by atoms with van der Waals surface area (Å²) in [7, 11) is 0. The van der Waals surface area contributed by atoms with E-state index in [1.165, 1.54) is 0 Å². The van der Waals surface area contributed by atoms with Gasteiger partial charge in [0, 0.05) is 5.56 Å². The van der Waals surface area contributed by atoms with Crippen molar-refractivity contribution in [2.45, 2.75) is 13.1 Å². The number of halogens is 1. The minimum Gasteiger partial charge on any atom is -0.463 e. The Labute approximate surface area is 161 Å². The molecule has 1 unspecified atom stereocenters. The van der Waals surface area contributed by atoms with Gasteiger partial charge in [-0.3, -0.25) is 9.59 Å². The van der Waals surface area contributed by atoms with E-state index in [-0.39, 0.29) is 24.0 Å². The van der Waals surface area contributed by atoms with Crippen molar-refractivity contribution in [2.24, 2.45) is 10.2 Å². The highest BCUT2D eigenvalue weighted by Gasteiger charge is 2.22. The molecule has 1 N–H and O–H groups in total. The average Bonchev–Trinajstić information content (AvgIpc) is 2.71. The first-order chi connectivity index (χ1) is 13.1. The zero-order valence-corrected chi connectivity index (χ0v) is 15.3. The molecule has 0 spiro atoms. The third kappa shape index (κ3) is 5.72. The van der Waals surface area contributed by atoms with Crippen molar-refractivity contribution in [3.63, 3.8) is 0 Å². The number of nitrogens with one attached hydrogen (secondary N) is 1. The summed E-state index contributed by atoms with van der Waals surface area (Å²) < 4.78 is 4.87. The zero-order chi connectivity index (χ0) is 19.6. The SMILES string of the molecule is CCOC(=O)C(N=Nc1ccccc1C(=O)c1ccccc1)NC(=O)CCl. The lowest BCUT2D eigenvalue weighted by Crippen LogP contribution is -2.40. The molecule has 2 rings (SSSR count). The molecular weight excluding hydrogens is 370 g/mol. The molecule has 0 saturated carbocycles. The van der Waals surface area contributed by atoms with E-state index in [1.54, 1.807) is 55.5 Å². The Hall–Kier alpha value is -3.06. The molecule has 0 radical (unpaired) electrons. The Morgan fingerprint density at radius 2 is 1.74 bits per heavy atom. The molecule has 0 aliphatic heterocycles. The number of alkyl halides is 1. The average molecular weight is 388 g/mol. The zero-order valence-electron chi connectivity index (χ0n) is 14.6. The van der Waals surface area contributed by atoms with Crippen molar-refractivity contribution < 1.29 is 19.1 Å². The van der Waals surface area contributed by atoms with Crippen LogP contribution in [0.25, 0.3) is 0 Å². The fourth-order valence-corrected chi connectivity index (χ4v) is 2.24. The third-order valence-electron chi connectivity index (χ3n) is 3.39. The highest BCUT2D eigenvalue weighted by atomic mass is 35.5. The van der Waals surface area contributed by atoms with Crippen molar-refractivity contribution >= 4 is 34.9 Å². The number of carbonyl (C=O) groups is 3. The van der Waals surface area contributed by atoms with E-state index in [0.29, 0.717) is 11.1 Å². The molecule has 0 aromatic heterocycles. The van der Waals surface area contributed by atoms with Gasteiger partial charge in [-0.05, 0) is 19.1 Å². The molecule has 0 heterocycles. The van der Waals surface area contributed by atoms with Crippen LogP contribution < -0.4 is 5.32 Å². The monoisotopic (exact) mass is 387 g/mol. The molecular formula is C19H18ClN3O4. The van der Waals surface area contributed by atoms with Gasteiger partial charge in [-0.15, -0.1) is 11.6 Å². The van der Waals surface area contributed by atoms with E-state index in [1.807, 2.05) is 6.07 Å². The number of ketones is 1. The minimum atomic E-state index is -1.35. The van der Waals surface area contributed by atoms with E-state index >= 15 is 0 Å². The molecule has 2 aromatic carbocycles. The Balaban J connectivity index is 2.30. The van der Waals surface area contributed by atoms with Crippen LogP contribution in [-0.4, -0.2) is 36.3 Å². The van der Waals surface area contributed by atoms with Gasteiger partial charge in [0.05, 0.1) is 17.9 Å². The van der Waals surface area contributed by atoms with Crippen LogP contribution in [0.1, 0.15) is 22.8 Å². The standard InChI is InChI=1S/C19H18ClN3O4/c1-2-27-19(26)18(21-16(24)12-20)23-22-15-11-7-6-10-14(15)17(25)13-8-4-3-5-9-13/h3-11,18H,2,12H2,1H3,(H,21,24). The Morgan fingerprint density at radius 3 is 2.41 bits per heavy atom. The van der Waals surface area contributed by atoms with E-state index in [9.17, 15) is 14.4 Å². The lowest BCUT2D eigenvalue weighted by Gasteiger charge is -2.11. The van der Waals surface area contributed by atoms with Crippen molar-refractivity contribution in [3.05, 3.63) is 65.7 Å². The number of azo groups is 1. The molecule has 140 valence electrons. The predicted octanol–water partition coefficient (Wildman–Crippen LogP) is 3.25. The maximum atomic E-state index is 12.7. The third-order valence-corrected chi connectivity index (χ3v) is 3.64. The van der Waals surface area contributed by atoms with Crippen LogP contribution in [0.3, 0.4) is 0 Å². The predicted molar refractivity (Wildman–Crippen MR) is 100 cm³/mol. The summed E-state index contributed by atoms with van der Waals surface area (Å²) in [6.45, 7) is 1.74. The van der Waals surface area contributed by atoms with Crippen LogP contribution in [0.4, 0.5) is 5.69 Å². The number of hydrogen-bond acceptors (Lipinski definition) is 6. The fraction of sp³-hybridized carbons (Fsp3) is 0.211. The molecule has 27 heavy (non-hydrogen) atoms. The number of hydrogen-bond donors (Lipinski definition) is 1. The summed E-state index contributed by atoms with van der Waals surface area (Å²) in [4.78, 5) is 36.1. The van der Waals surface area contributed by atoms with Crippen LogP contribution in [0.5, 0.6) is 0 Å². The maximum absolute atomic E-state index is 12.7. The van der Waals surface area contributed by atoms with Gasteiger partial charge in [-0.1, -0.05) is 42.5 Å². The molecule has 1 amide bonds. The van der Waals surface area contributed by atoms with Gasteiger partial charge >= 0.3 is 5.97 Å². The van der Waals surface area contributed by atoms with E-state index in [2.05, 4.69) is 15.5 Å². The number of carbonyl (C=O) groups excluding carboxylic acids is 3. The van der Waals surface area contributed by atoms with E-state index < -0.39 is 18.0 Å². The van der Waals surface area contributed by atoms with Crippen molar-refractivity contribution in [1.29, 1.82) is 0 Å². The summed E-state index contributed by atoms with van der Waals surface area (Å²) >= 11 is 5.45. The number of esters is 1. The molecule has 8 heteroatoms. The first-order valence-electron chi connectivity index (χ1n) is 8.18. The number of nitrogens with zero attached hydrogens (tertiary/aromatic N) is 2. The first-order valence-corrected chi connectivity index (χ1v) is 8.71. The highest BCUT2D eigenvalue weighted by Crippen LogP contribution is 2.22. The van der Waals surface area contributed by atoms with Gasteiger partial charge in [0.15, 0.2) is 5.78 Å². The number of amides is 1. The first kappa shape index (κ1) is 20.3. The van der Waals surface area contributed by atoms with Crippen molar-refractivity contribution in [2.75, 3.05) is 12.5 Å². The van der Waals surface area contributed by atoms with Gasteiger partial charge in [0.25, 0.3) is 0 Å². The molecule has 0 fully saturated rings. The minimum absolute atomic E-state index is 0.116. The van der Waals surface area contributed by atoms with Crippen LogP contribution >= 0.6 is 11.6 Å². The summed E-state index contributed by atoms with van der Waals surface area (Å²) in [5.74, 6) is -1.94. The summed E-state index contributed by atoms with van der Waals surface area (Å²) in [6.07, 6.45) is -1.35. The normalized spacial score (nSPS) is 11.8. The van der Waals surface area contributed by atoms with Crippen LogP contribution in [-0.2, 0) is 14.3 Å². The Bertz CT molecular complexity index is 840. The molecule has 0 saturated heterocycles. The quantitative estimate of drug-likeness (QED) is 0.325. The molecule has 0 aliphatic carbocycles. The summed E-state index contributed by atoms with van der Waals surface area (Å²) in [6, 6.07) is 15.3. The second-order valence-electron chi connectivity index (χ2n) is 5.28. The van der Waals surface area contributed by atoms with Gasteiger partial charge in [0.2, 0.25) is 12.1 Å². The molecule has 1 atom stereocenters. The van der Waals surface area contributed by atoms with Gasteiger partial charge in [0.1, 0.15) is 5.88 Å². The molecule has 0 bridgehead atoms. The molecule has 0 aliphatic rings. The van der Waals surface area contributed by atoms with Gasteiger partial charge in [-0.2, -0.15) is 10.2 Å². The molecule has 2 aromatic rings. The summed E-state index contributed by atoms with van der Waals surface area (Å²) in [5, 5.41) is 10.1. The number of ether oxygens (including phenoxy) is 1. The summed E-state index contributed by atoms with van der Waals surface area (Å²) in [5.41, 5.74) is 1.08. The topological polar surface area (TPSA) is 97.2 Å². The van der Waals surface area contributed by atoms with Crippen LogP contribution in [0, 0.1) is 0 Å². The largest absolute Gasteiger partial charge is 0.463 e. The molecule has 7 nitrogen and oxygen atoms in total. The highest BCUT2D eigenvalue weighted by molar-refractivity contribution is 6.27. The van der Waals surface area contributed by atoms with Gasteiger partial charge in [-0.25, -0.2) is 4.79 Å². The fourth-order valence-electron chi connectivity index (χ4n) is 2.17. The smallest absolute Gasteiger partial charge is 0.353 e. The lowest BCUT2D eigenvalue weighted by atomic mass is 10.0. The van der Waals surface area contributed by atoms with Gasteiger partial charge < -0.3 is 10.1 Å². The van der Waals surface area contributed by atoms with Crippen LogP contribution in [0.15, 0.2) is 64.8 Å². The maximum Gasteiger partial charge on any atom is 0.353 e. The van der Waals surface area contributed by atoms with E-state index in [0.717, 1.165) is 0 Å². The van der Waals surface area contributed by atoms with Crippen LogP contribution in [0.2, 0.25) is 0 Å². The lowest BCUT2D eigenvalue weighted by molar-refractivity contribution is -0.147. The Morgan fingerprint density at radius 1 is 1.07 bits per heavy atom. The Kier molecular flexibility index (Phi) is 7.63. The number of benzene rings is 2. The second kappa shape index (κ2) is 10.2. The van der Waals surface area contributed by atoms with Crippen molar-refractivity contribution in [3.8, 4) is 0 Å². The van der Waals surface area contributed by atoms with E-state index in [4.69, 9.17) is 16.3 Å². The number of rotatable bonds is 8.